The maximum absolute atomic E-state index is 12.7. The number of nitrogens with two attached hydrogens (primary N) is 1. The highest BCUT2D eigenvalue weighted by molar-refractivity contribution is 7.89. The molecule has 30 heavy (non-hydrogen) atoms. The minimum atomic E-state index is -3.64. The van der Waals surface area contributed by atoms with Gasteiger partial charge in [-0.1, -0.05) is 23.7 Å². The molecule has 0 aliphatic carbocycles. The van der Waals surface area contributed by atoms with E-state index >= 15 is 0 Å². The number of anilines is 1. The van der Waals surface area contributed by atoms with Crippen LogP contribution in [0.3, 0.4) is 0 Å². The van der Waals surface area contributed by atoms with E-state index in [0.29, 0.717) is 29.5 Å². The minimum absolute atomic E-state index is 0.0855. The molecule has 2 aromatic heterocycles. The Balaban J connectivity index is 1.38. The molecular formula is C20H19ClN4O3S2. The first kappa shape index (κ1) is 20.6. The van der Waals surface area contributed by atoms with Gasteiger partial charge in [-0.3, -0.25) is 14.5 Å². The Morgan fingerprint density at radius 1 is 1.23 bits per heavy atom. The number of halogens is 1. The average molecular weight is 463 g/mol. The molecule has 10 heteroatoms. The molecule has 0 fully saturated rings. The lowest BCUT2D eigenvalue weighted by Crippen LogP contribution is -2.34. The van der Waals surface area contributed by atoms with Gasteiger partial charge in [0, 0.05) is 35.2 Å². The van der Waals surface area contributed by atoms with Crippen molar-refractivity contribution in [3.63, 3.8) is 0 Å². The molecule has 3 N–H and O–H groups in total. The quantitative estimate of drug-likeness (QED) is 0.561. The molecule has 0 saturated carbocycles. The van der Waals surface area contributed by atoms with Gasteiger partial charge in [-0.25, -0.2) is 8.42 Å². The fourth-order valence-corrected chi connectivity index (χ4v) is 5.55. The molecule has 0 unspecified atom stereocenters. The number of pyridine rings is 1. The number of hydrogen-bond donors (Lipinski definition) is 2. The molecule has 3 aromatic rings. The average Bonchev–Trinajstić information content (AvgIpc) is 3.27. The number of fused-ring (bicyclic) bond motifs is 1. The van der Waals surface area contributed by atoms with Crippen molar-refractivity contribution in [3.05, 3.63) is 69.1 Å². The summed E-state index contributed by atoms with van der Waals surface area (Å²) in [6, 6.07) is 10.9. The number of hydrogen-bond acceptors (Lipinski definition) is 6. The predicted molar refractivity (Wildman–Crippen MR) is 120 cm³/mol. The SMILES string of the molecule is Nc1ccnc2cc(CN3CC=C(NS(=O)(=O)CCc4ccc(Cl)s4)C3=O)ccc12. The van der Waals surface area contributed by atoms with Gasteiger partial charge in [0.25, 0.3) is 5.91 Å². The number of thiophene rings is 1. The van der Waals surface area contributed by atoms with E-state index in [4.69, 9.17) is 17.3 Å². The first-order valence-electron chi connectivity index (χ1n) is 9.18. The zero-order chi connectivity index (χ0) is 21.3. The molecule has 0 radical (unpaired) electrons. The fourth-order valence-electron chi connectivity index (χ4n) is 3.24. The Labute approximate surface area is 183 Å². The van der Waals surface area contributed by atoms with Crippen molar-refractivity contribution >= 4 is 55.5 Å². The van der Waals surface area contributed by atoms with Crippen molar-refractivity contribution < 1.29 is 13.2 Å². The van der Waals surface area contributed by atoms with Gasteiger partial charge in [0.15, 0.2) is 0 Å². The maximum atomic E-state index is 12.7. The summed E-state index contributed by atoms with van der Waals surface area (Å²) in [7, 11) is -3.64. The Bertz CT molecular complexity index is 1250. The van der Waals surface area contributed by atoms with Gasteiger partial charge in [-0.15, -0.1) is 11.3 Å². The molecule has 7 nitrogen and oxygen atoms in total. The van der Waals surface area contributed by atoms with Gasteiger partial charge in [0.1, 0.15) is 5.70 Å². The molecular weight excluding hydrogens is 444 g/mol. The maximum Gasteiger partial charge on any atom is 0.271 e. The minimum Gasteiger partial charge on any atom is -0.398 e. The number of rotatable bonds is 7. The molecule has 0 spiro atoms. The Hall–Kier alpha value is -2.62. The van der Waals surface area contributed by atoms with Crippen LogP contribution in [0.4, 0.5) is 5.69 Å². The number of amides is 1. The van der Waals surface area contributed by atoms with Gasteiger partial charge >= 0.3 is 0 Å². The van der Waals surface area contributed by atoms with Crippen molar-refractivity contribution in [1.82, 2.24) is 14.6 Å². The number of carbonyl (C=O) groups is 1. The number of aryl methyl sites for hydroxylation is 1. The third-order valence-corrected chi connectivity index (χ3v) is 7.32. The van der Waals surface area contributed by atoms with E-state index in [1.165, 1.54) is 11.3 Å². The largest absolute Gasteiger partial charge is 0.398 e. The third kappa shape index (κ3) is 4.58. The zero-order valence-corrected chi connectivity index (χ0v) is 18.2. The van der Waals surface area contributed by atoms with Crippen LogP contribution in [0.15, 0.2) is 54.4 Å². The Morgan fingerprint density at radius 2 is 2.07 bits per heavy atom. The molecule has 1 aliphatic heterocycles. The molecule has 1 aliphatic rings. The van der Waals surface area contributed by atoms with E-state index in [9.17, 15) is 13.2 Å². The van der Waals surface area contributed by atoms with Crippen molar-refractivity contribution in [2.45, 2.75) is 13.0 Å². The first-order chi connectivity index (χ1) is 14.3. The van der Waals surface area contributed by atoms with Gasteiger partial charge in [0.05, 0.1) is 15.6 Å². The molecule has 0 bridgehead atoms. The van der Waals surface area contributed by atoms with Crippen LogP contribution in [0, 0.1) is 0 Å². The lowest BCUT2D eigenvalue weighted by atomic mass is 10.1. The normalized spacial score (nSPS) is 14.4. The number of aromatic nitrogens is 1. The second-order valence-electron chi connectivity index (χ2n) is 6.93. The first-order valence-corrected chi connectivity index (χ1v) is 12.0. The van der Waals surface area contributed by atoms with Crippen molar-refractivity contribution in [1.29, 1.82) is 0 Å². The highest BCUT2D eigenvalue weighted by Crippen LogP contribution is 2.23. The summed E-state index contributed by atoms with van der Waals surface area (Å²) in [5, 5.41) is 0.854. The summed E-state index contributed by atoms with van der Waals surface area (Å²) in [6.45, 7) is 0.681. The standard InChI is InChI=1S/C20H19ClN4O3S2/c21-19-4-2-14(29-19)7-10-30(27,28)24-17-6-9-25(20(17)26)12-13-1-3-15-16(22)5-8-23-18(15)11-13/h1-6,8,11,24H,7,9-10,12H2,(H2,22,23). The van der Waals surface area contributed by atoms with Crippen LogP contribution in [0.25, 0.3) is 10.9 Å². The monoisotopic (exact) mass is 462 g/mol. The summed E-state index contributed by atoms with van der Waals surface area (Å²) in [5.74, 6) is -0.468. The summed E-state index contributed by atoms with van der Waals surface area (Å²) < 4.78 is 27.8. The summed E-state index contributed by atoms with van der Waals surface area (Å²) in [6.07, 6.45) is 3.57. The highest BCUT2D eigenvalue weighted by Gasteiger charge is 2.27. The van der Waals surface area contributed by atoms with Crippen molar-refractivity contribution in [2.75, 3.05) is 18.0 Å². The fraction of sp³-hybridized carbons (Fsp3) is 0.200. The van der Waals surface area contributed by atoms with Crippen molar-refractivity contribution in [3.8, 4) is 0 Å². The number of nitrogens with one attached hydrogen (secondary N) is 1. The molecule has 4 rings (SSSR count). The van der Waals surface area contributed by atoms with Crippen LogP contribution in [0.2, 0.25) is 4.34 Å². The van der Waals surface area contributed by atoms with E-state index in [1.807, 2.05) is 18.2 Å². The number of nitrogens with zero attached hydrogens (tertiary/aromatic N) is 2. The van der Waals surface area contributed by atoms with Crippen LogP contribution < -0.4 is 10.5 Å². The van der Waals surface area contributed by atoms with Crippen LogP contribution in [-0.2, 0) is 27.8 Å². The Morgan fingerprint density at radius 3 is 2.83 bits per heavy atom. The number of benzene rings is 1. The number of nitrogen functional groups attached to an aromatic ring is 1. The van der Waals surface area contributed by atoms with Gasteiger partial charge < -0.3 is 10.6 Å². The van der Waals surface area contributed by atoms with Crippen molar-refractivity contribution in [2.24, 2.45) is 0 Å². The molecule has 156 valence electrons. The second-order valence-corrected chi connectivity index (χ2v) is 10.6. The summed E-state index contributed by atoms with van der Waals surface area (Å²) in [4.78, 5) is 19.4. The predicted octanol–water partition coefficient (Wildman–Crippen LogP) is 2.92. The molecule has 0 atom stereocenters. The second kappa shape index (κ2) is 8.25. The van der Waals surface area contributed by atoms with Crippen LogP contribution >= 0.6 is 22.9 Å². The van der Waals surface area contributed by atoms with E-state index in [0.717, 1.165) is 21.3 Å². The van der Waals surface area contributed by atoms with E-state index in [-0.39, 0.29) is 17.4 Å². The topological polar surface area (TPSA) is 105 Å². The Kier molecular flexibility index (Phi) is 5.68. The lowest BCUT2D eigenvalue weighted by molar-refractivity contribution is -0.126. The summed E-state index contributed by atoms with van der Waals surface area (Å²) >= 11 is 7.22. The molecule has 3 heterocycles. The summed E-state index contributed by atoms with van der Waals surface area (Å²) in [5.41, 5.74) is 8.32. The molecule has 1 amide bonds. The van der Waals surface area contributed by atoms with Crippen LogP contribution in [-0.4, -0.2) is 36.5 Å². The van der Waals surface area contributed by atoms with Gasteiger partial charge in [-0.2, -0.15) is 0 Å². The van der Waals surface area contributed by atoms with E-state index in [2.05, 4.69) is 9.71 Å². The third-order valence-electron chi connectivity index (χ3n) is 4.76. The van der Waals surface area contributed by atoms with E-state index in [1.54, 1.807) is 35.4 Å². The van der Waals surface area contributed by atoms with Crippen LogP contribution in [0.1, 0.15) is 10.4 Å². The highest BCUT2D eigenvalue weighted by atomic mass is 35.5. The lowest BCUT2D eigenvalue weighted by Gasteiger charge is -2.17. The van der Waals surface area contributed by atoms with Gasteiger partial charge in [0.2, 0.25) is 10.0 Å². The molecule has 1 aromatic carbocycles. The smallest absolute Gasteiger partial charge is 0.271 e. The number of sulfonamides is 1. The molecule has 0 saturated heterocycles. The van der Waals surface area contributed by atoms with Gasteiger partial charge in [-0.05, 0) is 42.3 Å². The zero-order valence-electron chi connectivity index (χ0n) is 15.8. The van der Waals surface area contributed by atoms with Crippen LogP contribution in [0.5, 0.6) is 0 Å². The van der Waals surface area contributed by atoms with E-state index < -0.39 is 10.0 Å². The number of carbonyl (C=O) groups excluding carboxylic acids is 1.